The van der Waals surface area contributed by atoms with Crippen LogP contribution < -0.4 is 16.8 Å². The molecule has 5 N–H and O–H groups in total. The number of hydrogen-bond donors (Lipinski definition) is 3. The van der Waals surface area contributed by atoms with E-state index in [1.807, 2.05) is 0 Å². The average molecular weight is 217 g/mol. The molecule has 7 heteroatoms. The van der Waals surface area contributed by atoms with Crippen LogP contribution in [0.1, 0.15) is 18.1 Å². The molecule has 1 unspecified atom stereocenters. The molecule has 0 aromatic carbocycles. The molecule has 1 heterocycles. The Labute approximate surface area is 87.1 Å². The molecule has 0 aliphatic rings. The Kier molecular flexibility index (Phi) is 3.84. The van der Waals surface area contributed by atoms with Crippen molar-refractivity contribution >= 4 is 23.5 Å². The molecule has 1 rings (SSSR count). The highest BCUT2D eigenvalue weighted by Crippen LogP contribution is 2.16. The molecule has 0 saturated heterocycles. The van der Waals surface area contributed by atoms with Crippen molar-refractivity contribution in [1.82, 2.24) is 15.0 Å². The highest BCUT2D eigenvalue weighted by molar-refractivity contribution is 6.20. The number of rotatable bonds is 4. The third-order valence-corrected chi connectivity index (χ3v) is 1.65. The summed E-state index contributed by atoms with van der Waals surface area (Å²) < 4.78 is 0. The maximum atomic E-state index is 5.82. The molecule has 0 fully saturated rings. The number of nitrogens with two attached hydrogens (primary N) is 2. The van der Waals surface area contributed by atoms with Crippen LogP contribution in [0, 0.1) is 0 Å². The molecule has 0 bridgehead atoms. The quantitative estimate of drug-likeness (QED) is 0.618. The van der Waals surface area contributed by atoms with Gasteiger partial charge in [-0.25, -0.2) is 0 Å². The topological polar surface area (TPSA) is 103 Å². The van der Waals surface area contributed by atoms with E-state index < -0.39 is 0 Å². The Morgan fingerprint density at radius 2 is 2.14 bits per heavy atom. The van der Waals surface area contributed by atoms with Gasteiger partial charge in [0.1, 0.15) is 0 Å². The smallest absolute Gasteiger partial charge is 0.227 e. The zero-order chi connectivity index (χ0) is 10.6. The second kappa shape index (κ2) is 4.92. The van der Waals surface area contributed by atoms with Gasteiger partial charge in [-0.2, -0.15) is 15.0 Å². The van der Waals surface area contributed by atoms with E-state index in [0.29, 0.717) is 24.9 Å². The van der Waals surface area contributed by atoms with Crippen molar-refractivity contribution < 1.29 is 0 Å². The first-order valence-corrected chi connectivity index (χ1v) is 4.66. The van der Waals surface area contributed by atoms with Gasteiger partial charge < -0.3 is 16.8 Å². The first-order chi connectivity index (χ1) is 6.63. The van der Waals surface area contributed by atoms with Crippen molar-refractivity contribution in [3.8, 4) is 0 Å². The molecule has 0 radical (unpaired) electrons. The molecule has 0 spiro atoms. The van der Waals surface area contributed by atoms with E-state index in [2.05, 4.69) is 20.3 Å². The second-order valence-corrected chi connectivity index (χ2v) is 3.36. The Morgan fingerprint density at radius 1 is 1.43 bits per heavy atom. The Balaban J connectivity index is 2.84. The van der Waals surface area contributed by atoms with E-state index in [1.165, 1.54) is 0 Å². The normalized spacial score (nSPS) is 12.5. The van der Waals surface area contributed by atoms with Crippen LogP contribution in [0.4, 0.5) is 11.9 Å². The standard InChI is InChI=1S/C7H13ClN6/c1-4(8)5-12-6(10)14-7(13-5)11-3-2-9/h4H,2-3,9H2,1H3,(H3,10,11,12,13,14). The minimum absolute atomic E-state index is 0.155. The monoisotopic (exact) mass is 216 g/mol. The third kappa shape index (κ3) is 2.97. The fourth-order valence-corrected chi connectivity index (χ4v) is 0.948. The molecule has 0 aliphatic heterocycles. The van der Waals surface area contributed by atoms with Crippen LogP contribution in [0.25, 0.3) is 0 Å². The van der Waals surface area contributed by atoms with Crippen molar-refractivity contribution in [2.45, 2.75) is 12.3 Å². The van der Waals surface area contributed by atoms with E-state index in [1.54, 1.807) is 6.92 Å². The van der Waals surface area contributed by atoms with Crippen LogP contribution in [0.15, 0.2) is 0 Å². The first kappa shape index (κ1) is 10.9. The highest BCUT2D eigenvalue weighted by atomic mass is 35.5. The van der Waals surface area contributed by atoms with Crippen LogP contribution in [0.3, 0.4) is 0 Å². The van der Waals surface area contributed by atoms with Gasteiger partial charge in [0.2, 0.25) is 11.9 Å². The van der Waals surface area contributed by atoms with E-state index in [-0.39, 0.29) is 11.3 Å². The number of anilines is 2. The number of nitrogen functional groups attached to an aromatic ring is 1. The SMILES string of the molecule is CC(Cl)c1nc(N)nc(NCCN)n1. The van der Waals surface area contributed by atoms with Gasteiger partial charge in [-0.3, -0.25) is 0 Å². The first-order valence-electron chi connectivity index (χ1n) is 4.23. The fourth-order valence-electron chi connectivity index (χ4n) is 0.850. The summed E-state index contributed by atoms with van der Waals surface area (Å²) in [6, 6.07) is 0. The maximum absolute atomic E-state index is 5.82. The molecule has 0 amide bonds. The Morgan fingerprint density at radius 3 is 2.71 bits per heavy atom. The van der Waals surface area contributed by atoms with Crippen molar-refractivity contribution in [2.24, 2.45) is 5.73 Å². The molecular formula is C7H13ClN6. The molecular weight excluding hydrogens is 204 g/mol. The molecule has 0 aliphatic carbocycles. The molecule has 0 saturated carbocycles. The Bertz CT molecular complexity index is 302. The molecule has 14 heavy (non-hydrogen) atoms. The van der Waals surface area contributed by atoms with Crippen LogP contribution in [-0.2, 0) is 0 Å². The van der Waals surface area contributed by atoms with E-state index in [4.69, 9.17) is 23.1 Å². The summed E-state index contributed by atoms with van der Waals surface area (Å²) in [6.45, 7) is 2.85. The summed E-state index contributed by atoms with van der Waals surface area (Å²) in [5.41, 5.74) is 10.8. The lowest BCUT2D eigenvalue weighted by atomic mass is 10.4. The number of nitrogens with zero attached hydrogens (tertiary/aromatic N) is 3. The van der Waals surface area contributed by atoms with Gasteiger partial charge in [0, 0.05) is 13.1 Å². The lowest BCUT2D eigenvalue weighted by Gasteiger charge is -2.06. The van der Waals surface area contributed by atoms with E-state index >= 15 is 0 Å². The van der Waals surface area contributed by atoms with E-state index in [0.717, 1.165) is 0 Å². The van der Waals surface area contributed by atoms with E-state index in [9.17, 15) is 0 Å². The molecule has 6 nitrogen and oxygen atoms in total. The largest absolute Gasteiger partial charge is 0.368 e. The molecule has 1 aromatic rings. The van der Waals surface area contributed by atoms with Crippen LogP contribution in [0.2, 0.25) is 0 Å². The summed E-state index contributed by atoms with van der Waals surface area (Å²) in [4.78, 5) is 11.8. The number of alkyl halides is 1. The summed E-state index contributed by atoms with van der Waals surface area (Å²) in [5, 5.41) is 2.61. The zero-order valence-corrected chi connectivity index (χ0v) is 8.62. The average Bonchev–Trinajstić information content (AvgIpc) is 2.14. The minimum Gasteiger partial charge on any atom is -0.368 e. The lowest BCUT2D eigenvalue weighted by Crippen LogP contribution is -2.16. The summed E-state index contributed by atoms with van der Waals surface area (Å²) in [7, 11) is 0. The number of nitrogens with one attached hydrogen (secondary N) is 1. The highest BCUT2D eigenvalue weighted by Gasteiger charge is 2.08. The van der Waals surface area contributed by atoms with Crippen LogP contribution in [-0.4, -0.2) is 28.0 Å². The van der Waals surface area contributed by atoms with Crippen molar-refractivity contribution in [1.29, 1.82) is 0 Å². The predicted octanol–water partition coefficient (Wildman–Crippen LogP) is 0.124. The molecule has 1 aromatic heterocycles. The maximum Gasteiger partial charge on any atom is 0.227 e. The summed E-state index contributed by atoms with van der Waals surface area (Å²) >= 11 is 5.82. The van der Waals surface area contributed by atoms with Gasteiger partial charge in [-0.15, -0.1) is 11.6 Å². The zero-order valence-electron chi connectivity index (χ0n) is 7.87. The summed E-state index contributed by atoms with van der Waals surface area (Å²) in [5.74, 6) is 1.02. The van der Waals surface area contributed by atoms with Crippen molar-refractivity contribution in [3.05, 3.63) is 5.82 Å². The van der Waals surface area contributed by atoms with Crippen molar-refractivity contribution in [3.63, 3.8) is 0 Å². The van der Waals surface area contributed by atoms with Crippen LogP contribution >= 0.6 is 11.6 Å². The van der Waals surface area contributed by atoms with Gasteiger partial charge in [-0.05, 0) is 6.92 Å². The number of hydrogen-bond acceptors (Lipinski definition) is 6. The van der Waals surface area contributed by atoms with Crippen molar-refractivity contribution in [2.75, 3.05) is 24.1 Å². The number of halogens is 1. The van der Waals surface area contributed by atoms with Gasteiger partial charge in [0.15, 0.2) is 5.82 Å². The number of aromatic nitrogens is 3. The second-order valence-electron chi connectivity index (χ2n) is 2.71. The van der Waals surface area contributed by atoms with Gasteiger partial charge >= 0.3 is 0 Å². The predicted molar refractivity (Wildman–Crippen MR) is 56.1 cm³/mol. The molecule has 78 valence electrons. The minimum atomic E-state index is -0.293. The van der Waals surface area contributed by atoms with Gasteiger partial charge in [-0.1, -0.05) is 0 Å². The summed E-state index contributed by atoms with van der Waals surface area (Å²) in [6.07, 6.45) is 0. The molecule has 1 atom stereocenters. The third-order valence-electron chi connectivity index (χ3n) is 1.45. The van der Waals surface area contributed by atoms with Gasteiger partial charge in [0.25, 0.3) is 0 Å². The fraction of sp³-hybridized carbons (Fsp3) is 0.571. The van der Waals surface area contributed by atoms with Gasteiger partial charge in [0.05, 0.1) is 5.38 Å². The Hall–Kier alpha value is -1.14. The lowest BCUT2D eigenvalue weighted by molar-refractivity contribution is 0.875. The van der Waals surface area contributed by atoms with Crippen LogP contribution in [0.5, 0.6) is 0 Å².